The molecule has 1 aliphatic rings. The Morgan fingerprint density at radius 1 is 1.15 bits per heavy atom. The molecule has 0 aliphatic carbocycles. The van der Waals surface area contributed by atoms with E-state index in [2.05, 4.69) is 26.8 Å². The Hall–Kier alpha value is -3.15. The van der Waals surface area contributed by atoms with Gasteiger partial charge in [-0.1, -0.05) is 48.0 Å². The van der Waals surface area contributed by atoms with Gasteiger partial charge >= 0.3 is 0 Å². The predicted octanol–water partition coefficient (Wildman–Crippen LogP) is 3.55. The fourth-order valence-electron chi connectivity index (χ4n) is 3.82. The third kappa shape index (κ3) is 3.18. The highest BCUT2D eigenvalue weighted by molar-refractivity contribution is 5.94. The van der Waals surface area contributed by atoms with E-state index in [1.165, 1.54) is 11.9 Å². The van der Waals surface area contributed by atoms with Crippen LogP contribution in [0.4, 0.5) is 11.6 Å². The van der Waals surface area contributed by atoms with Crippen molar-refractivity contribution in [2.24, 2.45) is 5.92 Å². The maximum absolute atomic E-state index is 13.3. The zero-order chi connectivity index (χ0) is 19.0. The summed E-state index contributed by atoms with van der Waals surface area (Å²) < 4.78 is 1.81. The van der Waals surface area contributed by atoms with Crippen LogP contribution >= 0.6 is 0 Å². The van der Waals surface area contributed by atoms with Crippen LogP contribution in [0.25, 0.3) is 0 Å². The van der Waals surface area contributed by atoms with Crippen LogP contribution in [0.5, 0.6) is 0 Å². The molecule has 0 fully saturated rings. The van der Waals surface area contributed by atoms with Crippen LogP contribution in [0.1, 0.15) is 29.7 Å². The van der Waals surface area contributed by atoms with Gasteiger partial charge < -0.3 is 10.6 Å². The van der Waals surface area contributed by atoms with Gasteiger partial charge in [0.2, 0.25) is 11.9 Å². The van der Waals surface area contributed by atoms with Gasteiger partial charge in [-0.25, -0.2) is 4.68 Å². The van der Waals surface area contributed by atoms with E-state index in [-0.39, 0.29) is 23.9 Å². The van der Waals surface area contributed by atoms with E-state index in [9.17, 15) is 4.79 Å². The van der Waals surface area contributed by atoms with Crippen molar-refractivity contribution in [2.75, 3.05) is 10.6 Å². The van der Waals surface area contributed by atoms with Gasteiger partial charge in [-0.2, -0.15) is 10.1 Å². The number of aromatic nitrogens is 3. The number of hydrogen-bond acceptors (Lipinski definition) is 4. The molecule has 0 saturated heterocycles. The Kier molecular flexibility index (Phi) is 4.39. The van der Waals surface area contributed by atoms with Crippen molar-refractivity contribution in [3.8, 4) is 0 Å². The molecule has 0 saturated carbocycles. The molecule has 0 bridgehead atoms. The second-order valence-corrected chi connectivity index (χ2v) is 7.15. The van der Waals surface area contributed by atoms with E-state index in [0.29, 0.717) is 5.95 Å². The molecule has 0 unspecified atom stereocenters. The minimum Gasteiger partial charge on any atom is -0.351 e. The highest BCUT2D eigenvalue weighted by atomic mass is 16.2. The molecule has 1 amide bonds. The van der Waals surface area contributed by atoms with Gasteiger partial charge in [-0.3, -0.25) is 4.79 Å². The van der Waals surface area contributed by atoms with Crippen LogP contribution in [0.15, 0.2) is 54.9 Å². The van der Waals surface area contributed by atoms with Gasteiger partial charge in [0.05, 0.1) is 12.0 Å². The summed E-state index contributed by atoms with van der Waals surface area (Å²) in [5, 5.41) is 10.8. The van der Waals surface area contributed by atoms with Crippen molar-refractivity contribution in [2.45, 2.75) is 32.9 Å². The molecule has 3 aromatic rings. The van der Waals surface area contributed by atoms with Crippen molar-refractivity contribution in [1.29, 1.82) is 0 Å². The number of amides is 1. The summed E-state index contributed by atoms with van der Waals surface area (Å²) in [5.41, 5.74) is 4.11. The summed E-state index contributed by atoms with van der Waals surface area (Å²) >= 11 is 0. The number of carbonyl (C=O) groups is 1. The van der Waals surface area contributed by atoms with Gasteiger partial charge in [0, 0.05) is 11.7 Å². The van der Waals surface area contributed by atoms with Crippen LogP contribution in [0, 0.1) is 19.8 Å². The lowest BCUT2D eigenvalue weighted by atomic mass is 9.85. The average molecular weight is 361 g/mol. The fourth-order valence-corrected chi connectivity index (χ4v) is 3.82. The van der Waals surface area contributed by atoms with Crippen LogP contribution in [-0.4, -0.2) is 26.7 Å². The first-order chi connectivity index (χ1) is 13.0. The molecule has 0 radical (unpaired) electrons. The van der Waals surface area contributed by atoms with E-state index in [1.54, 1.807) is 0 Å². The summed E-state index contributed by atoms with van der Waals surface area (Å²) in [6.45, 7) is 6.07. The minimum absolute atomic E-state index is 0.0306. The normalized spacial score (nSPS) is 21.2. The van der Waals surface area contributed by atoms with E-state index in [4.69, 9.17) is 0 Å². The second-order valence-electron chi connectivity index (χ2n) is 7.15. The summed E-state index contributed by atoms with van der Waals surface area (Å²) in [6.07, 6.45) is 1.52. The molecule has 1 aromatic heterocycles. The first-order valence-electron chi connectivity index (χ1n) is 9.13. The number of hydrogen-bond donors (Lipinski definition) is 2. The number of carbonyl (C=O) groups excluding carboxylic acids is 1. The van der Waals surface area contributed by atoms with Gasteiger partial charge in [-0.05, 0) is 38.0 Å². The lowest BCUT2D eigenvalue weighted by Crippen LogP contribution is -2.46. The molecule has 138 valence electrons. The maximum atomic E-state index is 13.3. The number of nitrogens with zero attached hydrogens (tertiary/aromatic N) is 3. The Morgan fingerprint density at radius 2 is 1.93 bits per heavy atom. The van der Waals surface area contributed by atoms with E-state index >= 15 is 0 Å². The lowest BCUT2D eigenvalue weighted by Gasteiger charge is -2.37. The first-order valence-corrected chi connectivity index (χ1v) is 9.13. The summed E-state index contributed by atoms with van der Waals surface area (Å²) in [7, 11) is 0. The zero-order valence-electron chi connectivity index (χ0n) is 15.7. The van der Waals surface area contributed by atoms with Crippen molar-refractivity contribution in [3.63, 3.8) is 0 Å². The number of aryl methyl sites for hydroxylation is 2. The van der Waals surface area contributed by atoms with Crippen LogP contribution in [0.3, 0.4) is 0 Å². The molecule has 2 aromatic carbocycles. The van der Waals surface area contributed by atoms with Crippen LogP contribution < -0.4 is 10.6 Å². The number of anilines is 2. The molecular weight excluding hydrogens is 338 g/mol. The monoisotopic (exact) mass is 361 g/mol. The molecule has 3 atom stereocenters. The third-order valence-electron chi connectivity index (χ3n) is 5.16. The molecule has 27 heavy (non-hydrogen) atoms. The van der Waals surface area contributed by atoms with E-state index in [1.807, 2.05) is 67.9 Å². The molecule has 6 heteroatoms. The smallest absolute Gasteiger partial charge is 0.232 e. The van der Waals surface area contributed by atoms with Crippen molar-refractivity contribution < 1.29 is 4.79 Å². The number of benzene rings is 2. The zero-order valence-corrected chi connectivity index (χ0v) is 15.7. The van der Waals surface area contributed by atoms with Gasteiger partial charge in [0.15, 0.2) is 0 Å². The SMILES string of the molecule is Cc1ccc(NC(=O)[C@@H]2[C@H](C)Nc3ncnn3[C@@H]2c2ccccc2)c(C)c1. The van der Waals surface area contributed by atoms with E-state index in [0.717, 1.165) is 16.8 Å². The molecule has 6 nitrogen and oxygen atoms in total. The topological polar surface area (TPSA) is 71.8 Å². The molecule has 4 rings (SSSR count). The summed E-state index contributed by atoms with van der Waals surface area (Å²) in [4.78, 5) is 17.6. The van der Waals surface area contributed by atoms with Gasteiger partial charge in [0.25, 0.3) is 0 Å². The van der Waals surface area contributed by atoms with Crippen molar-refractivity contribution >= 4 is 17.5 Å². The first kappa shape index (κ1) is 17.3. The number of nitrogens with one attached hydrogen (secondary N) is 2. The molecule has 2 heterocycles. The Bertz CT molecular complexity index is 966. The average Bonchev–Trinajstić information content (AvgIpc) is 3.11. The van der Waals surface area contributed by atoms with Crippen LogP contribution in [-0.2, 0) is 4.79 Å². The highest BCUT2D eigenvalue weighted by Gasteiger charge is 2.41. The predicted molar refractivity (Wildman–Crippen MR) is 106 cm³/mol. The molecule has 0 spiro atoms. The Morgan fingerprint density at radius 3 is 2.67 bits per heavy atom. The van der Waals surface area contributed by atoms with Gasteiger partial charge in [0.1, 0.15) is 6.33 Å². The number of rotatable bonds is 3. The standard InChI is InChI=1S/C21H23N5O/c1-13-9-10-17(14(2)11-13)25-20(27)18-15(3)24-21-22-12-23-26(21)19(18)16-7-5-4-6-8-16/h4-12,15,18-19H,1-3H3,(H,25,27)(H,22,23,24)/t15-,18+,19+/m0/s1. The lowest BCUT2D eigenvalue weighted by molar-refractivity contribution is -0.121. The molecular formula is C21H23N5O. The summed E-state index contributed by atoms with van der Waals surface area (Å²) in [5.74, 6) is 0.325. The molecule has 2 N–H and O–H groups in total. The maximum Gasteiger partial charge on any atom is 0.232 e. The summed E-state index contributed by atoms with van der Waals surface area (Å²) in [6, 6.07) is 15.7. The van der Waals surface area contributed by atoms with E-state index < -0.39 is 0 Å². The van der Waals surface area contributed by atoms with Crippen molar-refractivity contribution in [3.05, 3.63) is 71.5 Å². The largest absolute Gasteiger partial charge is 0.351 e. The highest BCUT2D eigenvalue weighted by Crippen LogP contribution is 2.36. The fraction of sp³-hybridized carbons (Fsp3) is 0.286. The quantitative estimate of drug-likeness (QED) is 0.748. The van der Waals surface area contributed by atoms with Crippen LogP contribution in [0.2, 0.25) is 0 Å². The number of fused-ring (bicyclic) bond motifs is 1. The van der Waals surface area contributed by atoms with Gasteiger partial charge in [-0.15, -0.1) is 0 Å². The Balaban J connectivity index is 1.71. The van der Waals surface area contributed by atoms with Crippen molar-refractivity contribution in [1.82, 2.24) is 14.8 Å². The Labute approximate surface area is 158 Å². The molecule has 1 aliphatic heterocycles. The third-order valence-corrected chi connectivity index (χ3v) is 5.16. The second kappa shape index (κ2) is 6.87. The minimum atomic E-state index is -0.331.